The maximum Gasteiger partial charge on any atom is 0.182 e. The van der Waals surface area contributed by atoms with Gasteiger partial charge in [-0.2, -0.15) is 0 Å². The third-order valence-electron chi connectivity index (χ3n) is 4.06. The van der Waals surface area contributed by atoms with Gasteiger partial charge >= 0.3 is 0 Å². The van der Waals surface area contributed by atoms with Crippen LogP contribution in [0.15, 0.2) is 33.6 Å². The predicted molar refractivity (Wildman–Crippen MR) is 85.6 cm³/mol. The Hall–Kier alpha value is -0.390. The van der Waals surface area contributed by atoms with Crippen molar-refractivity contribution in [2.45, 2.75) is 49.3 Å². The van der Waals surface area contributed by atoms with E-state index in [0.717, 1.165) is 30.3 Å². The zero-order valence-electron chi connectivity index (χ0n) is 12.0. The Morgan fingerprint density at radius 1 is 1.25 bits per heavy atom. The lowest BCUT2D eigenvalue weighted by Crippen LogP contribution is -2.47. The molecule has 3 nitrogen and oxygen atoms in total. The van der Waals surface area contributed by atoms with Gasteiger partial charge in [0.2, 0.25) is 0 Å². The van der Waals surface area contributed by atoms with E-state index < -0.39 is 9.84 Å². The molecule has 0 radical (unpaired) electrons. The van der Waals surface area contributed by atoms with E-state index >= 15 is 0 Å². The first-order valence-corrected chi connectivity index (χ1v) is 9.52. The van der Waals surface area contributed by atoms with Gasteiger partial charge in [0.05, 0.1) is 10.1 Å². The molecule has 1 aromatic rings. The first kappa shape index (κ1) is 16.0. The van der Waals surface area contributed by atoms with E-state index in [4.69, 9.17) is 0 Å². The highest BCUT2D eigenvalue weighted by Crippen LogP contribution is 2.32. The molecule has 5 heteroatoms. The summed E-state index contributed by atoms with van der Waals surface area (Å²) in [6, 6.07) is 7.05. The van der Waals surface area contributed by atoms with E-state index in [9.17, 15) is 8.42 Å². The van der Waals surface area contributed by atoms with Gasteiger partial charge in [-0.3, -0.25) is 0 Å². The summed E-state index contributed by atoms with van der Waals surface area (Å²) < 4.78 is 26.6. The molecule has 1 saturated carbocycles. The van der Waals surface area contributed by atoms with Crippen molar-refractivity contribution in [2.24, 2.45) is 5.92 Å². The van der Waals surface area contributed by atoms with Crippen molar-refractivity contribution in [3.8, 4) is 0 Å². The second kappa shape index (κ2) is 6.58. The summed E-state index contributed by atoms with van der Waals surface area (Å²) in [5.41, 5.74) is 0. The Kier molecular flexibility index (Phi) is 5.26. The smallest absolute Gasteiger partial charge is 0.182 e. The van der Waals surface area contributed by atoms with Gasteiger partial charge in [-0.25, -0.2) is 8.42 Å². The predicted octanol–water partition coefficient (Wildman–Crippen LogP) is 3.39. The fourth-order valence-electron chi connectivity index (χ4n) is 2.97. The van der Waals surface area contributed by atoms with Crippen molar-refractivity contribution >= 4 is 25.8 Å². The Morgan fingerprint density at radius 3 is 2.50 bits per heavy atom. The summed E-state index contributed by atoms with van der Waals surface area (Å²) >= 11 is 3.35. The molecule has 0 saturated heterocycles. The molecule has 112 valence electrons. The fraction of sp³-hybridized carbons (Fsp3) is 0.600. The van der Waals surface area contributed by atoms with Crippen LogP contribution in [-0.4, -0.2) is 26.3 Å². The summed E-state index contributed by atoms with van der Waals surface area (Å²) in [4.78, 5) is 0.433. The summed E-state index contributed by atoms with van der Waals surface area (Å²) in [5, 5.41) is 3.04. The SMILES string of the molecule is CCNC1CCC(C)CC1S(=O)(=O)c1ccc(Br)cc1. The summed E-state index contributed by atoms with van der Waals surface area (Å²) in [7, 11) is -3.27. The molecule has 0 aliphatic heterocycles. The van der Waals surface area contributed by atoms with Crippen molar-refractivity contribution in [1.29, 1.82) is 0 Å². The Morgan fingerprint density at radius 2 is 1.90 bits per heavy atom. The number of hydrogen-bond donors (Lipinski definition) is 1. The molecule has 1 aliphatic carbocycles. The Balaban J connectivity index is 2.31. The van der Waals surface area contributed by atoms with Gasteiger partial charge in [-0.15, -0.1) is 0 Å². The quantitative estimate of drug-likeness (QED) is 0.895. The van der Waals surface area contributed by atoms with Gasteiger partial charge in [0.1, 0.15) is 0 Å². The molecule has 0 bridgehead atoms. The average molecular weight is 360 g/mol. The standard InChI is InChI=1S/C15H22BrNO2S/c1-3-17-14-9-4-11(2)10-15(14)20(18,19)13-7-5-12(16)6-8-13/h5-8,11,14-15,17H,3-4,9-10H2,1-2H3. The molecule has 3 unspecified atom stereocenters. The van der Waals surface area contributed by atoms with Crippen LogP contribution in [0.2, 0.25) is 0 Å². The van der Waals surface area contributed by atoms with Gasteiger partial charge in [-0.1, -0.05) is 29.8 Å². The van der Waals surface area contributed by atoms with Gasteiger partial charge in [0, 0.05) is 10.5 Å². The van der Waals surface area contributed by atoms with Crippen LogP contribution in [0, 0.1) is 5.92 Å². The zero-order valence-corrected chi connectivity index (χ0v) is 14.4. The number of benzene rings is 1. The van der Waals surface area contributed by atoms with E-state index in [0.29, 0.717) is 10.8 Å². The van der Waals surface area contributed by atoms with Crippen LogP contribution < -0.4 is 5.32 Å². The number of halogens is 1. The maximum absolute atomic E-state index is 12.9. The minimum atomic E-state index is -3.27. The highest BCUT2D eigenvalue weighted by atomic mass is 79.9. The van der Waals surface area contributed by atoms with Crippen LogP contribution in [0.5, 0.6) is 0 Å². The topological polar surface area (TPSA) is 46.2 Å². The zero-order chi connectivity index (χ0) is 14.8. The Labute approximate surface area is 130 Å². The Bertz CT molecular complexity index is 541. The molecular formula is C15H22BrNO2S. The molecular weight excluding hydrogens is 338 g/mol. The number of rotatable bonds is 4. The second-order valence-corrected chi connectivity index (χ2v) is 8.70. The molecule has 1 aliphatic rings. The largest absolute Gasteiger partial charge is 0.313 e. The van der Waals surface area contributed by atoms with Crippen LogP contribution >= 0.6 is 15.9 Å². The molecule has 1 N–H and O–H groups in total. The molecule has 0 heterocycles. The molecule has 0 aromatic heterocycles. The van der Waals surface area contributed by atoms with Crippen molar-refractivity contribution in [3.63, 3.8) is 0 Å². The van der Waals surface area contributed by atoms with Gasteiger partial charge < -0.3 is 5.32 Å². The van der Waals surface area contributed by atoms with Crippen LogP contribution in [0.25, 0.3) is 0 Å². The van der Waals surface area contributed by atoms with Crippen LogP contribution in [0.4, 0.5) is 0 Å². The molecule has 2 rings (SSSR count). The van der Waals surface area contributed by atoms with Gasteiger partial charge in [0.25, 0.3) is 0 Å². The van der Waals surface area contributed by atoms with E-state index in [1.165, 1.54) is 0 Å². The lowest BCUT2D eigenvalue weighted by Gasteiger charge is -2.35. The molecule has 1 fully saturated rings. The minimum absolute atomic E-state index is 0.0739. The van der Waals surface area contributed by atoms with Gasteiger partial charge in [0.15, 0.2) is 9.84 Å². The van der Waals surface area contributed by atoms with Gasteiger partial charge in [-0.05, 0) is 56.0 Å². The van der Waals surface area contributed by atoms with Crippen molar-refractivity contribution < 1.29 is 8.42 Å². The molecule has 20 heavy (non-hydrogen) atoms. The van der Waals surface area contributed by atoms with E-state index in [1.54, 1.807) is 24.3 Å². The first-order valence-electron chi connectivity index (χ1n) is 7.18. The van der Waals surface area contributed by atoms with Crippen LogP contribution in [0.3, 0.4) is 0 Å². The van der Waals surface area contributed by atoms with Crippen molar-refractivity contribution in [1.82, 2.24) is 5.32 Å². The van der Waals surface area contributed by atoms with E-state index in [2.05, 4.69) is 28.2 Å². The normalized spacial score (nSPS) is 27.4. The highest BCUT2D eigenvalue weighted by Gasteiger charge is 2.38. The van der Waals surface area contributed by atoms with E-state index in [1.807, 2.05) is 6.92 Å². The maximum atomic E-state index is 12.9. The molecule has 3 atom stereocenters. The molecule has 0 spiro atoms. The van der Waals surface area contributed by atoms with Crippen LogP contribution in [0.1, 0.15) is 33.1 Å². The summed E-state index contributed by atoms with van der Waals surface area (Å²) in [6.45, 7) is 4.99. The fourth-order valence-corrected chi connectivity index (χ4v) is 5.34. The number of sulfone groups is 1. The first-order chi connectivity index (χ1) is 9.45. The monoisotopic (exact) mass is 359 g/mol. The van der Waals surface area contributed by atoms with E-state index in [-0.39, 0.29) is 11.3 Å². The molecule has 1 aromatic carbocycles. The number of nitrogens with one attached hydrogen (secondary N) is 1. The summed E-state index contributed by atoms with van der Waals surface area (Å²) in [5.74, 6) is 0.472. The second-order valence-electron chi connectivity index (χ2n) is 5.62. The third-order valence-corrected chi connectivity index (χ3v) is 6.84. The minimum Gasteiger partial charge on any atom is -0.313 e. The lowest BCUT2D eigenvalue weighted by atomic mass is 9.87. The third kappa shape index (κ3) is 3.43. The average Bonchev–Trinajstić information content (AvgIpc) is 2.41. The van der Waals surface area contributed by atoms with Crippen molar-refractivity contribution in [2.75, 3.05) is 6.54 Å². The van der Waals surface area contributed by atoms with Crippen molar-refractivity contribution in [3.05, 3.63) is 28.7 Å². The van der Waals surface area contributed by atoms with Crippen LogP contribution in [-0.2, 0) is 9.84 Å². The summed E-state index contributed by atoms with van der Waals surface area (Å²) in [6.07, 6.45) is 2.79. The molecule has 0 amide bonds. The lowest BCUT2D eigenvalue weighted by molar-refractivity contribution is 0.311. The highest BCUT2D eigenvalue weighted by molar-refractivity contribution is 9.10. The number of hydrogen-bond acceptors (Lipinski definition) is 3.